The average Bonchev–Trinajstić information content (AvgIpc) is 3.06. The Balaban J connectivity index is 4.31. The van der Waals surface area contributed by atoms with Crippen LogP contribution >= 0.6 is 0 Å². The Morgan fingerprint density at radius 2 is 0.673 bits per heavy atom. The number of unbranched alkanes of at least 4 members (excludes halogenated alkanes) is 22. The highest BCUT2D eigenvalue weighted by molar-refractivity contribution is 5.71. The predicted molar refractivity (Wildman–Crippen MR) is 206 cm³/mol. The molecular formula is C43H82O6. The Morgan fingerprint density at radius 3 is 1.00 bits per heavy atom. The summed E-state index contributed by atoms with van der Waals surface area (Å²) < 4.78 is 16.6. The van der Waals surface area contributed by atoms with E-state index in [0.29, 0.717) is 19.3 Å². The molecule has 49 heavy (non-hydrogen) atoms. The van der Waals surface area contributed by atoms with E-state index >= 15 is 0 Å². The molecule has 0 bridgehead atoms. The fourth-order valence-corrected chi connectivity index (χ4v) is 6.22. The fraction of sp³-hybridized carbons (Fsp3) is 0.930. The van der Waals surface area contributed by atoms with Gasteiger partial charge in [-0.2, -0.15) is 0 Å². The second kappa shape index (κ2) is 36.2. The van der Waals surface area contributed by atoms with Crippen LogP contribution in [0.4, 0.5) is 0 Å². The van der Waals surface area contributed by atoms with Crippen molar-refractivity contribution in [1.82, 2.24) is 0 Å². The van der Waals surface area contributed by atoms with E-state index in [-0.39, 0.29) is 31.1 Å². The Bertz CT molecular complexity index is 749. The van der Waals surface area contributed by atoms with Crippen molar-refractivity contribution in [1.29, 1.82) is 0 Å². The van der Waals surface area contributed by atoms with E-state index in [1.54, 1.807) is 0 Å². The number of carbonyl (C=O) groups excluding carboxylic acids is 3. The van der Waals surface area contributed by atoms with Gasteiger partial charge in [0.15, 0.2) is 6.10 Å². The Kier molecular flexibility index (Phi) is 35.0. The summed E-state index contributed by atoms with van der Waals surface area (Å²) in [5.74, 6) is 0.743. The van der Waals surface area contributed by atoms with Gasteiger partial charge in [-0.3, -0.25) is 14.4 Å². The maximum atomic E-state index is 12.6. The lowest BCUT2D eigenvalue weighted by Crippen LogP contribution is -2.30. The third kappa shape index (κ3) is 37.5. The molecule has 0 aromatic heterocycles. The Morgan fingerprint density at radius 1 is 0.388 bits per heavy atom. The maximum absolute atomic E-state index is 12.6. The first-order valence-electron chi connectivity index (χ1n) is 21.2. The molecule has 0 saturated carbocycles. The number of carbonyl (C=O) groups is 3. The average molecular weight is 695 g/mol. The van der Waals surface area contributed by atoms with Gasteiger partial charge in [-0.25, -0.2) is 0 Å². The summed E-state index contributed by atoms with van der Waals surface area (Å²) in [5.41, 5.74) is 0. The van der Waals surface area contributed by atoms with Gasteiger partial charge in [0.2, 0.25) is 0 Å². The van der Waals surface area contributed by atoms with Crippen molar-refractivity contribution in [3.8, 4) is 0 Å². The SMILES string of the molecule is CCCCCCCCCC(=O)OC[C@@H](COC(=O)CCCCCCCCCCC(C)C)OC(=O)CCCCCCCCCCCCC(C)C. The number of hydrogen-bond donors (Lipinski definition) is 0. The second-order valence-corrected chi connectivity index (χ2v) is 15.6. The molecule has 0 aromatic rings. The molecule has 0 fully saturated rings. The van der Waals surface area contributed by atoms with Crippen LogP contribution in [0.2, 0.25) is 0 Å². The summed E-state index contributed by atoms with van der Waals surface area (Å²) >= 11 is 0. The van der Waals surface area contributed by atoms with Crippen molar-refractivity contribution in [2.45, 2.75) is 233 Å². The first-order valence-corrected chi connectivity index (χ1v) is 21.2. The minimum atomic E-state index is -0.759. The minimum absolute atomic E-state index is 0.0663. The topological polar surface area (TPSA) is 78.9 Å². The Hall–Kier alpha value is -1.59. The van der Waals surface area contributed by atoms with Crippen molar-refractivity contribution in [3.05, 3.63) is 0 Å². The van der Waals surface area contributed by atoms with Crippen molar-refractivity contribution in [3.63, 3.8) is 0 Å². The van der Waals surface area contributed by atoms with Crippen molar-refractivity contribution in [2.24, 2.45) is 11.8 Å². The zero-order chi connectivity index (χ0) is 36.2. The van der Waals surface area contributed by atoms with Gasteiger partial charge in [0.05, 0.1) is 0 Å². The molecule has 0 N–H and O–H groups in total. The van der Waals surface area contributed by atoms with Gasteiger partial charge >= 0.3 is 17.9 Å². The monoisotopic (exact) mass is 695 g/mol. The van der Waals surface area contributed by atoms with E-state index in [2.05, 4.69) is 34.6 Å². The molecule has 6 nitrogen and oxygen atoms in total. The van der Waals surface area contributed by atoms with Gasteiger partial charge in [-0.1, -0.05) is 189 Å². The van der Waals surface area contributed by atoms with Crippen molar-refractivity contribution < 1.29 is 28.6 Å². The molecule has 0 rings (SSSR count). The van der Waals surface area contributed by atoms with Crippen LogP contribution in [-0.2, 0) is 28.6 Å². The lowest BCUT2D eigenvalue weighted by molar-refractivity contribution is -0.167. The number of rotatable bonds is 37. The highest BCUT2D eigenvalue weighted by Gasteiger charge is 2.19. The van der Waals surface area contributed by atoms with Gasteiger partial charge in [-0.05, 0) is 31.1 Å². The van der Waals surface area contributed by atoms with Crippen LogP contribution in [-0.4, -0.2) is 37.2 Å². The van der Waals surface area contributed by atoms with Crippen LogP contribution in [0, 0.1) is 11.8 Å². The molecular weight excluding hydrogens is 612 g/mol. The molecule has 0 unspecified atom stereocenters. The van der Waals surface area contributed by atoms with Gasteiger partial charge in [0.1, 0.15) is 13.2 Å². The number of esters is 3. The summed E-state index contributed by atoms with van der Waals surface area (Å²) in [4.78, 5) is 37.5. The van der Waals surface area contributed by atoms with Gasteiger partial charge < -0.3 is 14.2 Å². The summed E-state index contributed by atoms with van der Waals surface area (Å²) in [6.07, 6.45) is 32.4. The molecule has 0 aliphatic carbocycles. The largest absolute Gasteiger partial charge is 0.462 e. The van der Waals surface area contributed by atoms with Crippen molar-refractivity contribution >= 4 is 17.9 Å². The molecule has 0 heterocycles. The van der Waals surface area contributed by atoms with Crippen LogP contribution in [0.3, 0.4) is 0 Å². The second-order valence-electron chi connectivity index (χ2n) is 15.6. The maximum Gasteiger partial charge on any atom is 0.306 e. The lowest BCUT2D eigenvalue weighted by atomic mass is 10.0. The quantitative estimate of drug-likeness (QED) is 0.0366. The summed E-state index contributed by atoms with van der Waals surface area (Å²) in [7, 11) is 0. The van der Waals surface area contributed by atoms with Crippen molar-refractivity contribution in [2.75, 3.05) is 13.2 Å². The van der Waals surface area contributed by atoms with Gasteiger partial charge in [-0.15, -0.1) is 0 Å². The molecule has 0 amide bonds. The highest BCUT2D eigenvalue weighted by Crippen LogP contribution is 2.16. The number of ether oxygens (including phenoxy) is 3. The standard InChI is InChI=1S/C43H82O6/c1-6-7-8-9-16-23-28-33-41(44)47-36-40(37-48-42(45)34-29-24-19-15-14-18-22-27-32-39(4)5)49-43(46)35-30-25-20-13-11-10-12-17-21-26-31-38(2)3/h38-40H,6-37H2,1-5H3/t40-/m0/s1. The van der Waals surface area contributed by atoms with E-state index in [1.165, 1.54) is 116 Å². The first-order chi connectivity index (χ1) is 23.7. The molecule has 1 atom stereocenters. The minimum Gasteiger partial charge on any atom is -0.462 e. The molecule has 0 aliphatic rings. The Labute approximate surface area is 304 Å². The zero-order valence-electron chi connectivity index (χ0n) is 33.3. The molecule has 0 saturated heterocycles. The summed E-state index contributed by atoms with van der Waals surface area (Å²) in [6, 6.07) is 0. The molecule has 6 heteroatoms. The zero-order valence-corrected chi connectivity index (χ0v) is 33.3. The van der Waals surface area contributed by atoms with Crippen LogP contribution in [0.1, 0.15) is 227 Å². The lowest BCUT2D eigenvalue weighted by Gasteiger charge is -2.18. The van der Waals surface area contributed by atoms with Crippen LogP contribution < -0.4 is 0 Å². The molecule has 0 spiro atoms. The van der Waals surface area contributed by atoms with E-state index < -0.39 is 6.10 Å². The predicted octanol–water partition coefficient (Wildman–Crippen LogP) is 13.0. The highest BCUT2D eigenvalue weighted by atomic mass is 16.6. The fourth-order valence-electron chi connectivity index (χ4n) is 6.22. The number of hydrogen-bond acceptors (Lipinski definition) is 6. The summed E-state index contributed by atoms with van der Waals surface area (Å²) in [5, 5.41) is 0. The molecule has 0 aliphatic heterocycles. The third-order valence-corrected chi connectivity index (χ3v) is 9.47. The van der Waals surface area contributed by atoms with Gasteiger partial charge in [0, 0.05) is 19.3 Å². The van der Waals surface area contributed by atoms with E-state index in [4.69, 9.17) is 14.2 Å². The first kappa shape index (κ1) is 47.4. The summed E-state index contributed by atoms with van der Waals surface area (Å²) in [6.45, 7) is 11.2. The van der Waals surface area contributed by atoms with Crippen LogP contribution in [0.5, 0.6) is 0 Å². The van der Waals surface area contributed by atoms with E-state index in [9.17, 15) is 14.4 Å². The molecule has 290 valence electrons. The molecule has 0 radical (unpaired) electrons. The van der Waals surface area contributed by atoms with Gasteiger partial charge in [0.25, 0.3) is 0 Å². The molecule has 0 aromatic carbocycles. The van der Waals surface area contributed by atoms with Crippen LogP contribution in [0.25, 0.3) is 0 Å². The third-order valence-electron chi connectivity index (χ3n) is 9.47. The van der Waals surface area contributed by atoms with Crippen LogP contribution in [0.15, 0.2) is 0 Å². The smallest absolute Gasteiger partial charge is 0.306 e. The van der Waals surface area contributed by atoms with E-state index in [0.717, 1.165) is 69.6 Å². The van der Waals surface area contributed by atoms with E-state index in [1.807, 2.05) is 0 Å². The normalized spacial score (nSPS) is 12.1.